The van der Waals surface area contributed by atoms with Crippen molar-refractivity contribution in [2.75, 3.05) is 23.9 Å². The van der Waals surface area contributed by atoms with E-state index >= 15 is 0 Å². The van der Waals surface area contributed by atoms with Gasteiger partial charge in [0, 0.05) is 19.9 Å². The van der Waals surface area contributed by atoms with E-state index in [2.05, 4.69) is 5.32 Å². The van der Waals surface area contributed by atoms with Gasteiger partial charge in [-0.15, -0.1) is 0 Å². The fraction of sp³-hybridized carbons (Fsp3) is 0.263. The number of rotatable bonds is 6. The van der Waals surface area contributed by atoms with Crippen molar-refractivity contribution in [2.45, 2.75) is 19.5 Å². The number of ether oxygens (including phenoxy) is 1. The van der Waals surface area contributed by atoms with Crippen molar-refractivity contribution < 1.29 is 27.5 Å². The molecule has 1 N–H and O–H groups in total. The van der Waals surface area contributed by atoms with E-state index in [1.54, 1.807) is 24.3 Å². The molecule has 144 valence electrons. The molecule has 0 atom stereocenters. The van der Waals surface area contributed by atoms with Crippen molar-refractivity contribution in [3.63, 3.8) is 0 Å². The average Bonchev–Trinajstić information content (AvgIpc) is 2.61. The third-order valence-corrected chi connectivity index (χ3v) is 3.82. The van der Waals surface area contributed by atoms with Crippen LogP contribution in [0, 0.1) is 0 Å². The molecule has 2 aromatic carbocycles. The van der Waals surface area contributed by atoms with Crippen LogP contribution < -0.4 is 15.0 Å². The first kappa shape index (κ1) is 20.3. The van der Waals surface area contributed by atoms with E-state index in [1.165, 1.54) is 25.3 Å². The third-order valence-electron chi connectivity index (χ3n) is 3.82. The van der Waals surface area contributed by atoms with Crippen LogP contribution in [0.4, 0.5) is 24.5 Å². The molecular formula is C19H19F3N2O3. The Morgan fingerprint density at radius 1 is 1.07 bits per heavy atom. The van der Waals surface area contributed by atoms with Crippen LogP contribution in [-0.4, -0.2) is 25.5 Å². The molecule has 0 fully saturated rings. The number of alkyl halides is 3. The summed E-state index contributed by atoms with van der Waals surface area (Å²) in [5, 5.41) is 2.63. The highest BCUT2D eigenvalue weighted by Crippen LogP contribution is 2.36. The Morgan fingerprint density at radius 2 is 1.70 bits per heavy atom. The Morgan fingerprint density at radius 3 is 2.33 bits per heavy atom. The van der Waals surface area contributed by atoms with Crippen LogP contribution in [0.5, 0.6) is 5.75 Å². The highest BCUT2D eigenvalue weighted by Gasteiger charge is 2.35. The van der Waals surface area contributed by atoms with E-state index < -0.39 is 23.6 Å². The second-order valence-electron chi connectivity index (χ2n) is 5.68. The SMILES string of the molecule is COc1ccccc1NC(=O)CCN(C(C)=O)c1ccccc1C(F)(F)F. The first-order chi connectivity index (χ1) is 12.7. The van der Waals surface area contributed by atoms with Gasteiger partial charge in [0.25, 0.3) is 0 Å². The number of carbonyl (C=O) groups excluding carboxylic acids is 2. The zero-order chi connectivity index (χ0) is 20.0. The quantitative estimate of drug-likeness (QED) is 0.821. The fourth-order valence-electron chi connectivity index (χ4n) is 2.57. The summed E-state index contributed by atoms with van der Waals surface area (Å²) >= 11 is 0. The van der Waals surface area contributed by atoms with Crippen LogP contribution >= 0.6 is 0 Å². The second-order valence-corrected chi connectivity index (χ2v) is 5.68. The largest absolute Gasteiger partial charge is 0.495 e. The van der Waals surface area contributed by atoms with Crippen molar-refractivity contribution in [1.29, 1.82) is 0 Å². The minimum atomic E-state index is -4.61. The minimum absolute atomic E-state index is 0.177. The Bertz CT molecular complexity index is 822. The molecule has 0 bridgehead atoms. The molecule has 0 saturated heterocycles. The zero-order valence-corrected chi connectivity index (χ0v) is 14.8. The first-order valence-corrected chi connectivity index (χ1v) is 8.11. The first-order valence-electron chi connectivity index (χ1n) is 8.11. The van der Waals surface area contributed by atoms with Crippen molar-refractivity contribution >= 4 is 23.2 Å². The van der Waals surface area contributed by atoms with Gasteiger partial charge in [-0.3, -0.25) is 9.59 Å². The van der Waals surface area contributed by atoms with Gasteiger partial charge in [-0.2, -0.15) is 13.2 Å². The second kappa shape index (κ2) is 8.57. The van der Waals surface area contributed by atoms with Crippen molar-refractivity contribution in [3.8, 4) is 5.75 Å². The lowest BCUT2D eigenvalue weighted by Gasteiger charge is -2.24. The van der Waals surface area contributed by atoms with E-state index in [0.717, 1.165) is 17.9 Å². The van der Waals surface area contributed by atoms with Crippen molar-refractivity contribution in [3.05, 3.63) is 54.1 Å². The predicted octanol–water partition coefficient (Wildman–Crippen LogP) is 4.10. The summed E-state index contributed by atoms with van der Waals surface area (Å²) in [6, 6.07) is 11.5. The summed E-state index contributed by atoms with van der Waals surface area (Å²) in [6.45, 7) is 0.967. The number of benzene rings is 2. The maximum atomic E-state index is 13.2. The van der Waals surface area contributed by atoms with E-state index in [4.69, 9.17) is 4.74 Å². The molecule has 5 nitrogen and oxygen atoms in total. The number of methoxy groups -OCH3 is 1. The highest BCUT2D eigenvalue weighted by atomic mass is 19.4. The Hall–Kier alpha value is -3.03. The molecule has 0 aliphatic carbocycles. The van der Waals surface area contributed by atoms with Crippen LogP contribution in [0.15, 0.2) is 48.5 Å². The molecule has 8 heteroatoms. The van der Waals surface area contributed by atoms with Gasteiger partial charge >= 0.3 is 6.18 Å². The molecule has 0 aliphatic heterocycles. The standard InChI is InChI=1S/C19H19F3N2O3/c1-13(25)24(16-9-5-3-7-14(16)19(20,21)22)12-11-18(26)23-15-8-4-6-10-17(15)27-2/h3-10H,11-12H2,1-2H3,(H,23,26). The van der Waals surface area contributed by atoms with E-state index in [-0.39, 0.29) is 18.7 Å². The lowest BCUT2D eigenvalue weighted by molar-refractivity contribution is -0.137. The summed E-state index contributed by atoms with van der Waals surface area (Å²) in [5.41, 5.74) is -0.761. The summed E-state index contributed by atoms with van der Waals surface area (Å²) in [6.07, 6.45) is -4.78. The molecule has 0 radical (unpaired) electrons. The van der Waals surface area contributed by atoms with Gasteiger partial charge in [0.05, 0.1) is 24.0 Å². The summed E-state index contributed by atoms with van der Waals surface area (Å²) < 4.78 is 44.8. The van der Waals surface area contributed by atoms with E-state index in [9.17, 15) is 22.8 Å². The Kier molecular flexibility index (Phi) is 6.44. The number of hydrogen-bond acceptors (Lipinski definition) is 3. The van der Waals surface area contributed by atoms with Gasteiger partial charge < -0.3 is 15.0 Å². The van der Waals surface area contributed by atoms with Crippen LogP contribution in [0.3, 0.4) is 0 Å². The number of amides is 2. The Labute approximate surface area is 154 Å². The molecule has 2 aromatic rings. The van der Waals surface area contributed by atoms with Gasteiger partial charge in [0.15, 0.2) is 0 Å². The van der Waals surface area contributed by atoms with Gasteiger partial charge in [-0.1, -0.05) is 24.3 Å². The number of nitrogens with one attached hydrogen (secondary N) is 1. The van der Waals surface area contributed by atoms with Crippen LogP contribution in [0.2, 0.25) is 0 Å². The van der Waals surface area contributed by atoms with Crippen molar-refractivity contribution in [2.24, 2.45) is 0 Å². The lowest BCUT2D eigenvalue weighted by Crippen LogP contribution is -2.33. The minimum Gasteiger partial charge on any atom is -0.495 e. The molecule has 0 aromatic heterocycles. The van der Waals surface area contributed by atoms with Gasteiger partial charge in [-0.25, -0.2) is 0 Å². The maximum Gasteiger partial charge on any atom is 0.418 e. The zero-order valence-electron chi connectivity index (χ0n) is 14.8. The number of halogens is 3. The number of carbonyl (C=O) groups is 2. The number of hydrogen-bond donors (Lipinski definition) is 1. The molecule has 2 rings (SSSR count). The molecule has 27 heavy (non-hydrogen) atoms. The molecule has 0 unspecified atom stereocenters. The molecular weight excluding hydrogens is 361 g/mol. The molecule has 0 heterocycles. The third kappa shape index (κ3) is 5.22. The normalized spacial score (nSPS) is 11.0. The topological polar surface area (TPSA) is 58.6 Å². The van der Waals surface area contributed by atoms with E-state index in [1.807, 2.05) is 0 Å². The molecule has 0 aliphatic rings. The van der Waals surface area contributed by atoms with Gasteiger partial charge in [0.1, 0.15) is 5.75 Å². The fourth-order valence-corrected chi connectivity index (χ4v) is 2.57. The number of para-hydroxylation sites is 3. The molecule has 0 spiro atoms. The molecule has 0 saturated carbocycles. The summed E-state index contributed by atoms with van der Waals surface area (Å²) in [7, 11) is 1.45. The van der Waals surface area contributed by atoms with Crippen LogP contribution in [0.1, 0.15) is 18.9 Å². The monoisotopic (exact) mass is 380 g/mol. The highest BCUT2D eigenvalue weighted by molar-refractivity contribution is 5.96. The van der Waals surface area contributed by atoms with Crippen LogP contribution in [-0.2, 0) is 15.8 Å². The number of anilines is 2. The lowest BCUT2D eigenvalue weighted by atomic mass is 10.1. The summed E-state index contributed by atoms with van der Waals surface area (Å²) in [4.78, 5) is 25.0. The smallest absolute Gasteiger partial charge is 0.418 e. The average molecular weight is 380 g/mol. The molecule has 2 amide bonds. The number of nitrogens with zero attached hydrogens (tertiary/aromatic N) is 1. The summed E-state index contributed by atoms with van der Waals surface area (Å²) in [5.74, 6) is -0.580. The Balaban J connectivity index is 2.14. The van der Waals surface area contributed by atoms with Gasteiger partial charge in [0.2, 0.25) is 11.8 Å². The predicted molar refractivity (Wildman–Crippen MR) is 95.7 cm³/mol. The van der Waals surface area contributed by atoms with Gasteiger partial charge in [-0.05, 0) is 24.3 Å². The van der Waals surface area contributed by atoms with Crippen LogP contribution in [0.25, 0.3) is 0 Å². The van der Waals surface area contributed by atoms with Crippen molar-refractivity contribution in [1.82, 2.24) is 0 Å². The van der Waals surface area contributed by atoms with E-state index in [0.29, 0.717) is 11.4 Å². The maximum absolute atomic E-state index is 13.2.